The zero-order valence-corrected chi connectivity index (χ0v) is 21.7. The molecule has 4 aromatic rings. The quantitative estimate of drug-likeness (QED) is 0.158. The van der Waals surface area contributed by atoms with Crippen molar-refractivity contribution in [2.24, 2.45) is 11.1 Å². The summed E-state index contributed by atoms with van der Waals surface area (Å²) in [5.41, 5.74) is 3.48. The van der Waals surface area contributed by atoms with E-state index in [2.05, 4.69) is 5.16 Å². The fourth-order valence-corrected chi connectivity index (χ4v) is 5.06. The van der Waals surface area contributed by atoms with Gasteiger partial charge in [-0.25, -0.2) is 0 Å². The van der Waals surface area contributed by atoms with Crippen LogP contribution in [0, 0.1) is 5.92 Å². The van der Waals surface area contributed by atoms with E-state index in [-0.39, 0.29) is 17.9 Å². The van der Waals surface area contributed by atoms with Crippen molar-refractivity contribution in [3.63, 3.8) is 0 Å². The lowest BCUT2D eigenvalue weighted by Gasteiger charge is -2.10. The number of carboxylic acid groups (broad SMARTS) is 2. The van der Waals surface area contributed by atoms with Crippen molar-refractivity contribution in [1.29, 1.82) is 0 Å². The molecule has 38 heavy (non-hydrogen) atoms. The maximum Gasteiger partial charge on any atom is 0.318 e. The number of fused-ring (bicyclic) bond motifs is 1. The van der Waals surface area contributed by atoms with Gasteiger partial charge < -0.3 is 19.8 Å². The van der Waals surface area contributed by atoms with Crippen LogP contribution in [0.25, 0.3) is 10.2 Å². The Hall–Kier alpha value is -4.15. The Bertz CT molecular complexity index is 1550. The molecule has 1 aromatic heterocycles. The largest absolute Gasteiger partial charge is 0.492 e. The molecular formula is C27H23ClN2O7S. The average Bonchev–Trinajstić information content (AvgIpc) is 3.20. The van der Waals surface area contributed by atoms with Crippen molar-refractivity contribution < 1.29 is 29.4 Å². The second-order valence-corrected chi connectivity index (χ2v) is 9.69. The van der Waals surface area contributed by atoms with Crippen LogP contribution in [0.2, 0.25) is 5.02 Å². The molecule has 0 unspecified atom stereocenters. The lowest BCUT2D eigenvalue weighted by molar-refractivity contribution is -0.154. The summed E-state index contributed by atoms with van der Waals surface area (Å²) in [6.07, 6.45) is -0.128. The Labute approximate surface area is 226 Å². The minimum absolute atomic E-state index is 0.127. The predicted octanol–water partition coefficient (Wildman–Crippen LogP) is 4.52. The number of carbonyl (C=O) groups is 2. The average molecular weight is 555 g/mol. The third-order valence-electron chi connectivity index (χ3n) is 5.77. The van der Waals surface area contributed by atoms with Gasteiger partial charge in [-0.2, -0.15) is 0 Å². The molecular weight excluding hydrogens is 532 g/mol. The Morgan fingerprint density at radius 3 is 2.39 bits per heavy atom. The minimum Gasteiger partial charge on any atom is -0.492 e. The summed E-state index contributed by atoms with van der Waals surface area (Å²) in [4.78, 5) is 39.8. The van der Waals surface area contributed by atoms with E-state index in [0.29, 0.717) is 28.6 Å². The van der Waals surface area contributed by atoms with Crippen LogP contribution in [0.5, 0.6) is 5.75 Å². The smallest absolute Gasteiger partial charge is 0.318 e. The predicted molar refractivity (Wildman–Crippen MR) is 145 cm³/mol. The van der Waals surface area contributed by atoms with Gasteiger partial charge in [0.1, 0.15) is 25.2 Å². The van der Waals surface area contributed by atoms with E-state index in [4.69, 9.17) is 31.4 Å². The standard InChI is InChI=1S/C27H23ClN2O7S/c1-36-29-24(17-3-2-4-19(28)14-17)18-7-10-22-23(15-18)38-27(35)30(22)11-12-37-20-8-5-16(6-9-20)13-21(25(31)32)26(33)34/h2-10,14-15,21H,11-13H2,1H3,(H,31,32)(H,33,34). The number of hydrogen-bond donors (Lipinski definition) is 2. The summed E-state index contributed by atoms with van der Waals surface area (Å²) >= 11 is 7.26. The van der Waals surface area contributed by atoms with E-state index >= 15 is 0 Å². The van der Waals surface area contributed by atoms with Crippen molar-refractivity contribution in [3.05, 3.63) is 98.1 Å². The summed E-state index contributed by atoms with van der Waals surface area (Å²) in [5, 5.41) is 22.8. The summed E-state index contributed by atoms with van der Waals surface area (Å²) in [6.45, 7) is 0.534. The summed E-state index contributed by atoms with van der Waals surface area (Å²) in [5.74, 6) is -3.76. The minimum atomic E-state index is -1.51. The second kappa shape index (κ2) is 11.9. The molecule has 0 atom stereocenters. The number of thiazole rings is 1. The first-order chi connectivity index (χ1) is 18.3. The first-order valence-electron chi connectivity index (χ1n) is 11.4. The van der Waals surface area contributed by atoms with Gasteiger partial charge in [0.25, 0.3) is 0 Å². The lowest BCUT2D eigenvalue weighted by Crippen LogP contribution is -2.25. The number of benzene rings is 3. The topological polar surface area (TPSA) is 127 Å². The molecule has 0 radical (unpaired) electrons. The van der Waals surface area contributed by atoms with Gasteiger partial charge in [-0.15, -0.1) is 0 Å². The molecule has 9 nitrogen and oxygen atoms in total. The monoisotopic (exact) mass is 554 g/mol. The number of nitrogens with zero attached hydrogens (tertiary/aromatic N) is 2. The zero-order valence-electron chi connectivity index (χ0n) is 20.2. The first kappa shape index (κ1) is 26.9. The molecule has 4 rings (SSSR count). The molecule has 2 N–H and O–H groups in total. The highest BCUT2D eigenvalue weighted by Crippen LogP contribution is 2.23. The number of rotatable bonds is 11. The Kier molecular flexibility index (Phi) is 8.45. The van der Waals surface area contributed by atoms with E-state index < -0.39 is 17.9 Å². The van der Waals surface area contributed by atoms with E-state index in [1.165, 1.54) is 7.11 Å². The fourth-order valence-electron chi connectivity index (χ4n) is 3.92. The third kappa shape index (κ3) is 6.21. The molecule has 196 valence electrons. The van der Waals surface area contributed by atoms with E-state index in [1.54, 1.807) is 41.0 Å². The molecule has 0 aliphatic carbocycles. The van der Waals surface area contributed by atoms with Crippen LogP contribution in [0.4, 0.5) is 0 Å². The number of aromatic nitrogens is 1. The summed E-state index contributed by atoms with van der Waals surface area (Å²) in [6, 6.07) is 19.4. The molecule has 1 heterocycles. The highest BCUT2D eigenvalue weighted by molar-refractivity contribution is 7.16. The van der Waals surface area contributed by atoms with Crippen molar-refractivity contribution in [1.82, 2.24) is 4.57 Å². The molecule has 0 spiro atoms. The van der Waals surface area contributed by atoms with Crippen LogP contribution in [-0.2, 0) is 27.4 Å². The van der Waals surface area contributed by atoms with Crippen molar-refractivity contribution in [2.75, 3.05) is 13.7 Å². The van der Waals surface area contributed by atoms with Crippen LogP contribution in [0.15, 0.2) is 76.7 Å². The number of carboxylic acids is 2. The number of ether oxygens (including phenoxy) is 1. The van der Waals surface area contributed by atoms with E-state index in [1.807, 2.05) is 30.3 Å². The summed E-state index contributed by atoms with van der Waals surface area (Å²) in [7, 11) is 1.47. The normalized spacial score (nSPS) is 11.6. The number of oxime groups is 1. The maximum absolute atomic E-state index is 12.7. The van der Waals surface area contributed by atoms with E-state index in [9.17, 15) is 14.4 Å². The summed E-state index contributed by atoms with van der Waals surface area (Å²) < 4.78 is 8.19. The van der Waals surface area contributed by atoms with Crippen LogP contribution in [-0.4, -0.2) is 46.1 Å². The molecule has 0 aliphatic heterocycles. The molecule has 0 amide bonds. The van der Waals surface area contributed by atoms with Gasteiger partial charge in [0.15, 0.2) is 5.92 Å². The molecule has 0 bridgehead atoms. The number of halogens is 1. The van der Waals surface area contributed by atoms with Gasteiger partial charge >= 0.3 is 16.8 Å². The Morgan fingerprint density at radius 2 is 1.74 bits per heavy atom. The van der Waals surface area contributed by atoms with Crippen molar-refractivity contribution >= 4 is 50.8 Å². The van der Waals surface area contributed by atoms with Crippen LogP contribution < -0.4 is 9.61 Å². The SMILES string of the molecule is CON=C(c1cccc(Cl)c1)c1ccc2c(c1)sc(=O)n2CCOc1ccc(CC(C(=O)O)C(=O)O)cc1. The Balaban J connectivity index is 1.46. The first-order valence-corrected chi connectivity index (χ1v) is 12.6. The number of aliphatic carboxylic acids is 2. The highest BCUT2D eigenvalue weighted by atomic mass is 35.5. The fraction of sp³-hybridized carbons (Fsp3) is 0.185. The van der Waals surface area contributed by atoms with Gasteiger partial charge in [0.05, 0.1) is 16.8 Å². The maximum atomic E-state index is 12.7. The zero-order chi connectivity index (χ0) is 27.2. The van der Waals surface area contributed by atoms with Crippen LogP contribution in [0.1, 0.15) is 16.7 Å². The molecule has 0 saturated carbocycles. The van der Waals surface area contributed by atoms with Crippen LogP contribution in [0.3, 0.4) is 0 Å². The number of hydrogen-bond acceptors (Lipinski definition) is 7. The van der Waals surface area contributed by atoms with Gasteiger partial charge in [-0.1, -0.05) is 58.4 Å². The van der Waals surface area contributed by atoms with Crippen LogP contribution >= 0.6 is 22.9 Å². The second-order valence-electron chi connectivity index (χ2n) is 8.26. The van der Waals surface area contributed by atoms with Gasteiger partial charge in [0, 0.05) is 16.1 Å². The lowest BCUT2D eigenvalue weighted by atomic mass is 10.00. The molecule has 0 saturated heterocycles. The van der Waals surface area contributed by atoms with Gasteiger partial charge in [0.2, 0.25) is 0 Å². The highest BCUT2D eigenvalue weighted by Gasteiger charge is 2.25. The van der Waals surface area contributed by atoms with Crippen molar-refractivity contribution in [2.45, 2.75) is 13.0 Å². The van der Waals surface area contributed by atoms with Gasteiger partial charge in [-0.3, -0.25) is 19.0 Å². The Morgan fingerprint density at radius 1 is 1.03 bits per heavy atom. The molecule has 3 aromatic carbocycles. The molecule has 0 fully saturated rings. The van der Waals surface area contributed by atoms with Crippen molar-refractivity contribution in [3.8, 4) is 5.75 Å². The third-order valence-corrected chi connectivity index (χ3v) is 6.94. The molecule has 0 aliphatic rings. The van der Waals surface area contributed by atoms with Gasteiger partial charge in [-0.05, 0) is 48.4 Å². The molecule has 11 heteroatoms. The van der Waals surface area contributed by atoms with E-state index in [0.717, 1.165) is 32.7 Å².